The van der Waals surface area contributed by atoms with Gasteiger partial charge in [-0.05, 0) is 46.5 Å². The van der Waals surface area contributed by atoms with Gasteiger partial charge < -0.3 is 14.3 Å². The zero-order valence-electron chi connectivity index (χ0n) is 14.4. The molecule has 0 N–H and O–H groups in total. The first-order chi connectivity index (χ1) is 10.6. The summed E-state index contributed by atoms with van der Waals surface area (Å²) in [4.78, 5) is 39.7. The molecular formula is C16H25NO6. The van der Waals surface area contributed by atoms with E-state index >= 15 is 0 Å². The van der Waals surface area contributed by atoms with Crippen molar-refractivity contribution in [3.05, 3.63) is 0 Å². The van der Waals surface area contributed by atoms with Crippen LogP contribution in [-0.4, -0.2) is 41.2 Å². The van der Waals surface area contributed by atoms with E-state index in [2.05, 4.69) is 5.16 Å². The molecule has 1 saturated carbocycles. The summed E-state index contributed by atoms with van der Waals surface area (Å²) in [5, 5.41) is 3.70. The Balaban J connectivity index is 2.57. The van der Waals surface area contributed by atoms with E-state index in [4.69, 9.17) is 14.3 Å². The molecule has 1 aliphatic carbocycles. The van der Waals surface area contributed by atoms with Crippen LogP contribution in [0.15, 0.2) is 5.16 Å². The largest absolute Gasteiger partial charge is 0.463 e. The van der Waals surface area contributed by atoms with Crippen molar-refractivity contribution in [2.24, 2.45) is 5.16 Å². The lowest BCUT2D eigenvalue weighted by atomic mass is 9.95. The highest BCUT2D eigenvalue weighted by atomic mass is 16.6. The molecule has 1 aliphatic rings. The van der Waals surface area contributed by atoms with Crippen LogP contribution in [0.4, 0.5) is 0 Å². The lowest BCUT2D eigenvalue weighted by Gasteiger charge is -2.26. The Bertz CT molecular complexity index is 483. The van der Waals surface area contributed by atoms with E-state index < -0.39 is 17.4 Å². The van der Waals surface area contributed by atoms with Gasteiger partial charge >= 0.3 is 11.9 Å². The first-order valence-electron chi connectivity index (χ1n) is 7.74. The average Bonchev–Trinajstić information content (AvgIpc) is 2.37. The first-order valence-corrected chi connectivity index (χ1v) is 7.74. The molecule has 23 heavy (non-hydrogen) atoms. The van der Waals surface area contributed by atoms with Crippen LogP contribution >= 0.6 is 0 Å². The predicted octanol–water partition coefficient (Wildman–Crippen LogP) is 2.16. The molecule has 0 aliphatic heterocycles. The fraction of sp³-hybridized carbons (Fsp3) is 0.750. The number of Topliss-reactive ketones (excluding diaryl/α,β-unsaturated/α-hetero) is 1. The van der Waals surface area contributed by atoms with E-state index in [1.165, 1.54) is 13.8 Å². The Kier molecular flexibility index (Phi) is 6.72. The fourth-order valence-electron chi connectivity index (χ4n) is 2.19. The third-order valence-electron chi connectivity index (χ3n) is 3.17. The molecule has 0 amide bonds. The Morgan fingerprint density at radius 2 is 1.48 bits per heavy atom. The summed E-state index contributed by atoms with van der Waals surface area (Å²) in [6.45, 7) is 7.75. The Morgan fingerprint density at radius 1 is 0.957 bits per heavy atom. The van der Waals surface area contributed by atoms with Crippen LogP contribution < -0.4 is 0 Å². The number of carbonyl (C=O) groups excluding carboxylic acids is 3. The van der Waals surface area contributed by atoms with Gasteiger partial charge in [-0.1, -0.05) is 5.16 Å². The molecule has 0 bridgehead atoms. The Morgan fingerprint density at radius 3 is 1.91 bits per heavy atom. The number of hydrogen-bond acceptors (Lipinski definition) is 7. The van der Waals surface area contributed by atoms with Gasteiger partial charge in [0, 0.05) is 13.8 Å². The molecule has 0 unspecified atom stereocenters. The lowest BCUT2D eigenvalue weighted by Crippen LogP contribution is -2.33. The molecule has 0 saturated heterocycles. The van der Waals surface area contributed by atoms with Crippen LogP contribution in [0.1, 0.15) is 60.3 Å². The van der Waals surface area contributed by atoms with E-state index in [1.807, 2.05) is 0 Å². The minimum absolute atomic E-state index is 0.102. The van der Waals surface area contributed by atoms with Crippen LogP contribution in [0.3, 0.4) is 0 Å². The van der Waals surface area contributed by atoms with Crippen LogP contribution in [0.25, 0.3) is 0 Å². The zero-order valence-corrected chi connectivity index (χ0v) is 14.4. The summed E-state index contributed by atoms with van der Waals surface area (Å²) in [5.41, 5.74) is -1.06. The number of hydrogen-bond donors (Lipinski definition) is 0. The van der Waals surface area contributed by atoms with Crippen LogP contribution in [0, 0.1) is 0 Å². The fourth-order valence-corrected chi connectivity index (χ4v) is 2.19. The number of ether oxygens (including phenoxy) is 2. The van der Waals surface area contributed by atoms with Gasteiger partial charge in [-0.3, -0.25) is 9.59 Å². The zero-order chi connectivity index (χ0) is 17.6. The molecule has 7 heteroatoms. The number of ketones is 1. The highest BCUT2D eigenvalue weighted by Crippen LogP contribution is 2.24. The maximum Gasteiger partial charge on any atom is 0.364 e. The van der Waals surface area contributed by atoms with Crippen LogP contribution in [0.2, 0.25) is 0 Å². The van der Waals surface area contributed by atoms with Crippen molar-refractivity contribution in [2.75, 3.05) is 0 Å². The standard InChI is InChI=1S/C16H25NO6/c1-10(18)14(15(20)22-16(3,4)5)17-23-13-8-6-12(7-9-13)21-11(2)19/h12-13H,6-9H2,1-5H3. The number of esters is 2. The van der Waals surface area contributed by atoms with Crippen molar-refractivity contribution in [1.29, 1.82) is 0 Å². The summed E-state index contributed by atoms with van der Waals surface area (Å²) in [5.74, 6) is -1.59. The number of nitrogens with zero attached hydrogens (tertiary/aromatic N) is 1. The van der Waals surface area contributed by atoms with Crippen molar-refractivity contribution >= 4 is 23.4 Å². The van der Waals surface area contributed by atoms with Gasteiger partial charge in [0.25, 0.3) is 0 Å². The predicted molar refractivity (Wildman–Crippen MR) is 82.9 cm³/mol. The topological polar surface area (TPSA) is 91.3 Å². The van der Waals surface area contributed by atoms with Crippen LogP contribution in [-0.2, 0) is 28.7 Å². The molecular weight excluding hydrogens is 302 g/mol. The third kappa shape index (κ3) is 7.25. The van der Waals surface area contributed by atoms with Gasteiger partial charge in [-0.15, -0.1) is 0 Å². The van der Waals surface area contributed by atoms with Crippen LogP contribution in [0.5, 0.6) is 0 Å². The molecule has 7 nitrogen and oxygen atoms in total. The summed E-state index contributed by atoms with van der Waals surface area (Å²) in [6.07, 6.45) is 2.30. The minimum atomic E-state index is -0.793. The molecule has 1 rings (SSSR count). The third-order valence-corrected chi connectivity index (χ3v) is 3.17. The average molecular weight is 327 g/mol. The molecule has 0 spiro atoms. The van der Waals surface area contributed by atoms with E-state index in [9.17, 15) is 14.4 Å². The van der Waals surface area contributed by atoms with Crippen molar-refractivity contribution in [1.82, 2.24) is 0 Å². The van der Waals surface area contributed by atoms with Crippen molar-refractivity contribution in [3.63, 3.8) is 0 Å². The normalized spacial score (nSPS) is 22.2. The maximum atomic E-state index is 11.9. The molecule has 0 aromatic carbocycles. The second kappa shape index (κ2) is 8.08. The maximum absolute atomic E-state index is 11.9. The number of oxime groups is 1. The second-order valence-corrected chi connectivity index (χ2v) is 6.61. The Hall–Kier alpha value is -1.92. The van der Waals surface area contributed by atoms with Crippen molar-refractivity contribution < 1.29 is 28.7 Å². The number of rotatable bonds is 5. The highest BCUT2D eigenvalue weighted by molar-refractivity contribution is 6.63. The van der Waals surface area contributed by atoms with E-state index in [-0.39, 0.29) is 23.9 Å². The first kappa shape index (κ1) is 19.1. The molecule has 0 aromatic rings. The second-order valence-electron chi connectivity index (χ2n) is 6.61. The van der Waals surface area contributed by atoms with Crippen molar-refractivity contribution in [2.45, 2.75) is 78.1 Å². The van der Waals surface area contributed by atoms with Gasteiger partial charge in [0.1, 0.15) is 17.8 Å². The summed E-state index contributed by atoms with van der Waals surface area (Å²) < 4.78 is 10.3. The Labute approximate surface area is 136 Å². The lowest BCUT2D eigenvalue weighted by molar-refractivity contribution is -0.150. The van der Waals surface area contributed by atoms with Gasteiger partial charge in [0.15, 0.2) is 5.78 Å². The van der Waals surface area contributed by atoms with Crippen molar-refractivity contribution in [3.8, 4) is 0 Å². The molecule has 1 fully saturated rings. The van der Waals surface area contributed by atoms with Gasteiger partial charge in [-0.25, -0.2) is 4.79 Å². The van der Waals surface area contributed by atoms with E-state index in [1.54, 1.807) is 20.8 Å². The molecule has 0 heterocycles. The minimum Gasteiger partial charge on any atom is -0.463 e. The smallest absolute Gasteiger partial charge is 0.364 e. The molecule has 130 valence electrons. The SMILES string of the molecule is CC(=O)OC1CCC(ON=C(C(C)=O)C(=O)OC(C)(C)C)CC1. The van der Waals surface area contributed by atoms with E-state index in [0.29, 0.717) is 25.7 Å². The summed E-state index contributed by atoms with van der Waals surface area (Å²) >= 11 is 0. The molecule has 0 atom stereocenters. The molecule has 0 aromatic heterocycles. The van der Waals surface area contributed by atoms with E-state index in [0.717, 1.165) is 0 Å². The highest BCUT2D eigenvalue weighted by Gasteiger charge is 2.27. The monoisotopic (exact) mass is 327 g/mol. The number of carbonyl (C=O) groups is 3. The summed E-state index contributed by atoms with van der Waals surface area (Å²) in [6, 6.07) is 0. The summed E-state index contributed by atoms with van der Waals surface area (Å²) in [7, 11) is 0. The van der Waals surface area contributed by atoms with Gasteiger partial charge in [0.05, 0.1) is 0 Å². The van der Waals surface area contributed by atoms with Gasteiger partial charge in [-0.2, -0.15) is 0 Å². The van der Waals surface area contributed by atoms with Gasteiger partial charge in [0.2, 0.25) is 5.71 Å². The quantitative estimate of drug-likeness (QED) is 0.332. The molecule has 0 radical (unpaired) electrons.